The van der Waals surface area contributed by atoms with Crippen molar-refractivity contribution in [3.8, 4) is 5.75 Å². The summed E-state index contributed by atoms with van der Waals surface area (Å²) in [5.41, 5.74) is 3.09. The second-order valence-electron chi connectivity index (χ2n) is 11.3. The minimum Gasteiger partial charge on any atom is -0.494 e. The fourth-order valence-electron chi connectivity index (χ4n) is 5.28. The summed E-state index contributed by atoms with van der Waals surface area (Å²) in [7, 11) is 0. The molecule has 2 aromatic carbocycles. The van der Waals surface area contributed by atoms with E-state index >= 15 is 0 Å². The van der Waals surface area contributed by atoms with Gasteiger partial charge in [0.1, 0.15) is 11.8 Å². The molecule has 0 aliphatic carbocycles. The molecule has 2 unspecified atom stereocenters. The van der Waals surface area contributed by atoms with Crippen LogP contribution in [0, 0.1) is 6.92 Å². The van der Waals surface area contributed by atoms with Crippen LogP contribution in [0.15, 0.2) is 53.3 Å². The summed E-state index contributed by atoms with van der Waals surface area (Å²) < 4.78 is 13.6. The number of fused-ring (bicyclic) bond motifs is 1. The van der Waals surface area contributed by atoms with E-state index in [1.165, 1.54) is 0 Å². The molecule has 9 nitrogen and oxygen atoms in total. The molecule has 0 saturated carbocycles. The predicted octanol–water partition coefficient (Wildman–Crippen LogP) is 4.75. The van der Waals surface area contributed by atoms with Gasteiger partial charge in [-0.1, -0.05) is 24.3 Å². The van der Waals surface area contributed by atoms with Crippen molar-refractivity contribution in [1.29, 1.82) is 0 Å². The number of benzene rings is 2. The van der Waals surface area contributed by atoms with Crippen LogP contribution in [0.3, 0.4) is 0 Å². The molecule has 5 rings (SSSR count). The maximum atomic E-state index is 13.7. The fourth-order valence-corrected chi connectivity index (χ4v) is 5.28. The number of aromatic nitrogens is 5. The number of nitrogens with one attached hydrogen (secondary N) is 1. The number of tetrazole rings is 1. The molecule has 0 bridgehead atoms. The molecule has 0 amide bonds. The number of H-pyrrole nitrogens is 1. The van der Waals surface area contributed by atoms with Crippen LogP contribution < -0.4 is 10.3 Å². The highest BCUT2D eigenvalue weighted by Gasteiger charge is 2.35. The summed E-state index contributed by atoms with van der Waals surface area (Å²) in [6.07, 6.45) is 2.07. The first-order valence-corrected chi connectivity index (χ1v) is 13.7. The zero-order valence-corrected chi connectivity index (χ0v) is 23.5. The molecule has 1 aliphatic heterocycles. The van der Waals surface area contributed by atoms with Crippen LogP contribution in [0.4, 0.5) is 0 Å². The smallest absolute Gasteiger partial charge is 0.253 e. The normalized spacial score (nSPS) is 16.7. The number of hydrogen-bond donors (Lipinski definition) is 1. The summed E-state index contributed by atoms with van der Waals surface area (Å²) in [5, 5.41) is 13.9. The Morgan fingerprint density at radius 1 is 1.18 bits per heavy atom. The maximum absolute atomic E-state index is 13.7. The maximum Gasteiger partial charge on any atom is 0.253 e. The summed E-state index contributed by atoms with van der Waals surface area (Å²) in [5.74, 6) is 1.46. The number of ether oxygens (including phenoxy) is 2. The van der Waals surface area contributed by atoms with Gasteiger partial charge in [0.2, 0.25) is 0 Å². The van der Waals surface area contributed by atoms with Crippen molar-refractivity contribution < 1.29 is 9.47 Å². The van der Waals surface area contributed by atoms with E-state index in [0.29, 0.717) is 31.1 Å². The van der Waals surface area contributed by atoms with Crippen molar-refractivity contribution in [2.45, 2.75) is 71.7 Å². The van der Waals surface area contributed by atoms with Crippen LogP contribution in [0.1, 0.15) is 69.1 Å². The molecule has 2 atom stereocenters. The Morgan fingerprint density at radius 3 is 2.67 bits per heavy atom. The van der Waals surface area contributed by atoms with E-state index in [9.17, 15) is 4.79 Å². The van der Waals surface area contributed by atoms with Gasteiger partial charge in [0.25, 0.3) is 5.56 Å². The van der Waals surface area contributed by atoms with Gasteiger partial charge in [-0.05, 0) is 98.7 Å². The minimum atomic E-state index is -0.496. The standard InChI is InChI=1S/C30H38N6O3/c1-6-38-23-13-10-21(11-14-23)18-35(19-24-8-7-15-39-24)27(28-32-33-34-36(28)30(3,4)5)25-17-22-12-9-20(2)16-26(22)31-29(25)37/h9-14,16-17,24,27H,6-8,15,18-19H2,1-5H3,(H,31,37). The number of aromatic amines is 1. The van der Waals surface area contributed by atoms with Gasteiger partial charge in [-0.25, -0.2) is 4.68 Å². The Morgan fingerprint density at radius 2 is 1.97 bits per heavy atom. The van der Waals surface area contributed by atoms with Gasteiger partial charge >= 0.3 is 0 Å². The molecular weight excluding hydrogens is 492 g/mol. The lowest BCUT2D eigenvalue weighted by Gasteiger charge is -2.34. The second-order valence-corrected chi connectivity index (χ2v) is 11.3. The summed E-state index contributed by atoms with van der Waals surface area (Å²) >= 11 is 0. The molecule has 1 N–H and O–H groups in total. The monoisotopic (exact) mass is 530 g/mol. The molecule has 206 valence electrons. The zero-order chi connectivity index (χ0) is 27.6. The molecule has 39 heavy (non-hydrogen) atoms. The van der Waals surface area contributed by atoms with Crippen LogP contribution in [-0.4, -0.2) is 56.0 Å². The van der Waals surface area contributed by atoms with Crippen molar-refractivity contribution in [2.24, 2.45) is 0 Å². The molecule has 0 spiro atoms. The van der Waals surface area contributed by atoms with E-state index < -0.39 is 6.04 Å². The lowest BCUT2D eigenvalue weighted by molar-refractivity contribution is 0.0564. The van der Waals surface area contributed by atoms with Gasteiger partial charge < -0.3 is 14.5 Å². The first kappa shape index (κ1) is 27.0. The molecule has 1 fully saturated rings. The quantitative estimate of drug-likeness (QED) is 0.334. The summed E-state index contributed by atoms with van der Waals surface area (Å²) in [6, 6.07) is 15.7. The lowest BCUT2D eigenvalue weighted by atomic mass is 10.00. The second kappa shape index (κ2) is 11.3. The van der Waals surface area contributed by atoms with E-state index in [4.69, 9.17) is 9.47 Å². The van der Waals surface area contributed by atoms with Gasteiger partial charge in [0, 0.05) is 30.8 Å². The van der Waals surface area contributed by atoms with E-state index in [1.807, 2.05) is 48.9 Å². The number of hydrogen-bond acceptors (Lipinski definition) is 7. The number of nitrogens with zero attached hydrogens (tertiary/aromatic N) is 5. The Hall–Kier alpha value is -3.56. The van der Waals surface area contributed by atoms with Gasteiger partial charge in [-0.15, -0.1) is 5.10 Å². The Bertz CT molecular complexity index is 1460. The first-order valence-electron chi connectivity index (χ1n) is 13.7. The Labute approximate surface area is 229 Å². The Kier molecular flexibility index (Phi) is 7.81. The average molecular weight is 531 g/mol. The molecule has 1 aliphatic rings. The molecular formula is C30H38N6O3. The molecule has 2 aromatic heterocycles. The van der Waals surface area contributed by atoms with E-state index in [-0.39, 0.29) is 17.2 Å². The van der Waals surface area contributed by atoms with Crippen LogP contribution in [0.5, 0.6) is 5.75 Å². The Balaban J connectivity index is 1.65. The highest BCUT2D eigenvalue weighted by molar-refractivity contribution is 5.79. The fraction of sp³-hybridized carbons (Fsp3) is 0.467. The van der Waals surface area contributed by atoms with Crippen LogP contribution in [0.25, 0.3) is 10.9 Å². The molecule has 0 radical (unpaired) electrons. The summed E-state index contributed by atoms with van der Waals surface area (Å²) in [4.78, 5) is 19.2. The van der Waals surface area contributed by atoms with Crippen LogP contribution in [-0.2, 0) is 16.8 Å². The van der Waals surface area contributed by atoms with Crippen molar-refractivity contribution in [3.05, 3.63) is 81.4 Å². The molecule has 1 saturated heterocycles. The van der Waals surface area contributed by atoms with Crippen molar-refractivity contribution in [1.82, 2.24) is 30.1 Å². The van der Waals surface area contributed by atoms with Gasteiger partial charge in [-0.3, -0.25) is 9.69 Å². The largest absolute Gasteiger partial charge is 0.494 e. The third kappa shape index (κ3) is 6.04. The topological polar surface area (TPSA) is 98.2 Å². The van der Waals surface area contributed by atoms with E-state index in [2.05, 4.69) is 64.4 Å². The van der Waals surface area contributed by atoms with Crippen molar-refractivity contribution >= 4 is 10.9 Å². The predicted molar refractivity (Wildman–Crippen MR) is 151 cm³/mol. The highest BCUT2D eigenvalue weighted by atomic mass is 16.5. The lowest BCUT2D eigenvalue weighted by Crippen LogP contribution is -2.40. The first-order chi connectivity index (χ1) is 18.7. The van der Waals surface area contributed by atoms with Crippen LogP contribution >= 0.6 is 0 Å². The van der Waals surface area contributed by atoms with E-state index in [0.717, 1.165) is 47.2 Å². The summed E-state index contributed by atoms with van der Waals surface area (Å²) in [6.45, 7) is 12.8. The number of rotatable bonds is 9. The number of aryl methyl sites for hydroxylation is 1. The SMILES string of the molecule is CCOc1ccc(CN(CC2CCCO2)C(c2cc3ccc(C)cc3[nH]c2=O)c2nnnn2C(C)(C)C)cc1. The average Bonchev–Trinajstić information content (AvgIpc) is 3.58. The molecule has 4 aromatic rings. The van der Waals surface area contributed by atoms with Crippen LogP contribution in [0.2, 0.25) is 0 Å². The highest BCUT2D eigenvalue weighted by Crippen LogP contribution is 2.32. The zero-order valence-electron chi connectivity index (χ0n) is 23.5. The van der Waals surface area contributed by atoms with Crippen molar-refractivity contribution in [2.75, 3.05) is 19.8 Å². The van der Waals surface area contributed by atoms with Gasteiger partial charge in [-0.2, -0.15) is 0 Å². The van der Waals surface area contributed by atoms with E-state index in [1.54, 1.807) is 0 Å². The van der Waals surface area contributed by atoms with Crippen molar-refractivity contribution in [3.63, 3.8) is 0 Å². The van der Waals surface area contributed by atoms with Gasteiger partial charge in [0.15, 0.2) is 5.82 Å². The molecule has 3 heterocycles. The number of pyridine rings is 1. The third-order valence-electron chi connectivity index (χ3n) is 7.15. The molecule has 9 heteroatoms. The minimum absolute atomic E-state index is 0.0661. The van der Waals surface area contributed by atoms with Gasteiger partial charge in [0.05, 0.1) is 18.2 Å². The third-order valence-corrected chi connectivity index (χ3v) is 7.15.